The van der Waals surface area contributed by atoms with Gasteiger partial charge in [0.15, 0.2) is 0 Å². The normalized spacial score (nSPS) is 8.08. The third-order valence-corrected chi connectivity index (χ3v) is 0.895. The zero-order valence-corrected chi connectivity index (χ0v) is 7.06. The molecule has 0 spiro atoms. The number of rotatable bonds is 1. The van der Waals surface area contributed by atoms with Gasteiger partial charge in [0, 0.05) is 12.5 Å². The Kier molecular flexibility index (Phi) is 4.78. The Morgan fingerprint density at radius 2 is 2.15 bits per heavy atom. The maximum Gasteiger partial charge on any atom is 0.300 e. The maximum absolute atomic E-state index is 9.00. The molecule has 1 rings (SSSR count). The van der Waals surface area contributed by atoms with Gasteiger partial charge in [-0.3, -0.25) is 10.2 Å². The van der Waals surface area contributed by atoms with Gasteiger partial charge in [0.2, 0.25) is 0 Å². The highest BCUT2D eigenvalue weighted by molar-refractivity contribution is 5.94. The lowest BCUT2D eigenvalue weighted by Gasteiger charge is -1.91. The Labute approximate surface area is 74.9 Å². The molecule has 0 unspecified atom stereocenters. The minimum Gasteiger partial charge on any atom is -0.481 e. The minimum atomic E-state index is -0.833. The zero-order chi connectivity index (χ0) is 10.3. The topological polar surface area (TPSA) is 113 Å². The third-order valence-electron chi connectivity index (χ3n) is 0.895. The fraction of sp³-hybridized carbons (Fsp3) is 0.143. The number of hydrogen-bond donors (Lipinski definition) is 3. The van der Waals surface area contributed by atoms with Crippen LogP contribution in [0.5, 0.6) is 0 Å². The molecule has 0 amide bonds. The Morgan fingerprint density at radius 3 is 2.38 bits per heavy atom. The second-order valence-corrected chi connectivity index (χ2v) is 2.06. The molecule has 0 aromatic carbocycles. The first-order valence-corrected chi connectivity index (χ1v) is 3.34. The molecule has 0 aliphatic rings. The standard InChI is InChI=1S/C5H6N4.C2H4O2/c6-5(7)4-1-2-8-9-3-4;1-2(3)4/h1-3H,(H3,6,7);1H3,(H,3,4). The van der Waals surface area contributed by atoms with Gasteiger partial charge in [-0.15, -0.1) is 0 Å². The Bertz CT molecular complexity index is 282. The number of nitrogens with one attached hydrogen (secondary N) is 1. The fourth-order valence-electron chi connectivity index (χ4n) is 0.450. The number of carboxylic acids is 1. The predicted molar refractivity (Wildman–Crippen MR) is 46.4 cm³/mol. The van der Waals surface area contributed by atoms with Gasteiger partial charge in [-0.05, 0) is 6.07 Å². The summed E-state index contributed by atoms with van der Waals surface area (Å²) in [5, 5.41) is 21.4. The van der Waals surface area contributed by atoms with Crippen LogP contribution in [0.4, 0.5) is 0 Å². The second kappa shape index (κ2) is 5.64. The van der Waals surface area contributed by atoms with Crippen LogP contribution in [-0.4, -0.2) is 27.1 Å². The molecule has 13 heavy (non-hydrogen) atoms. The first-order valence-electron chi connectivity index (χ1n) is 3.34. The van der Waals surface area contributed by atoms with Crippen LogP contribution in [0.15, 0.2) is 18.5 Å². The van der Waals surface area contributed by atoms with Gasteiger partial charge in [0.05, 0.1) is 12.4 Å². The van der Waals surface area contributed by atoms with Crippen molar-refractivity contribution in [1.29, 1.82) is 5.41 Å². The van der Waals surface area contributed by atoms with Crippen LogP contribution in [-0.2, 0) is 4.79 Å². The van der Waals surface area contributed by atoms with Crippen molar-refractivity contribution in [2.75, 3.05) is 0 Å². The van der Waals surface area contributed by atoms with Crippen LogP contribution in [0.1, 0.15) is 12.5 Å². The predicted octanol–water partition coefficient (Wildman–Crippen LogP) is -0.148. The van der Waals surface area contributed by atoms with E-state index in [1.807, 2.05) is 0 Å². The molecular weight excluding hydrogens is 172 g/mol. The van der Waals surface area contributed by atoms with Gasteiger partial charge in [0.1, 0.15) is 5.84 Å². The van der Waals surface area contributed by atoms with Crippen molar-refractivity contribution in [3.05, 3.63) is 24.0 Å². The summed E-state index contributed by atoms with van der Waals surface area (Å²) in [6.45, 7) is 1.08. The molecule has 1 aromatic rings. The summed E-state index contributed by atoms with van der Waals surface area (Å²) >= 11 is 0. The minimum absolute atomic E-state index is 0.0184. The molecule has 0 saturated heterocycles. The molecule has 6 heteroatoms. The first-order chi connectivity index (χ1) is 6.04. The Balaban J connectivity index is 0.000000310. The summed E-state index contributed by atoms with van der Waals surface area (Å²) in [6, 6.07) is 1.63. The number of amidine groups is 1. The summed E-state index contributed by atoms with van der Waals surface area (Å²) in [5.74, 6) is -0.815. The van der Waals surface area contributed by atoms with E-state index < -0.39 is 5.97 Å². The van der Waals surface area contributed by atoms with Crippen LogP contribution < -0.4 is 5.73 Å². The van der Waals surface area contributed by atoms with Crippen molar-refractivity contribution >= 4 is 11.8 Å². The van der Waals surface area contributed by atoms with E-state index in [9.17, 15) is 0 Å². The smallest absolute Gasteiger partial charge is 0.300 e. The number of carbonyl (C=O) groups is 1. The van der Waals surface area contributed by atoms with Crippen LogP contribution in [0.25, 0.3) is 0 Å². The number of nitrogens with zero attached hydrogens (tertiary/aromatic N) is 2. The molecular formula is C7H10N4O2. The van der Waals surface area contributed by atoms with E-state index in [0.717, 1.165) is 6.92 Å². The monoisotopic (exact) mass is 182 g/mol. The summed E-state index contributed by atoms with van der Waals surface area (Å²) < 4.78 is 0. The average Bonchev–Trinajstić information content (AvgIpc) is 2.05. The first kappa shape index (κ1) is 11.0. The SMILES string of the molecule is CC(=O)O.N=C(N)c1ccnnc1. The number of nitrogens with two attached hydrogens (primary N) is 1. The van der Waals surface area contributed by atoms with Crippen molar-refractivity contribution < 1.29 is 9.90 Å². The molecule has 0 bridgehead atoms. The van der Waals surface area contributed by atoms with Crippen molar-refractivity contribution in [3.8, 4) is 0 Å². The van der Waals surface area contributed by atoms with Crippen molar-refractivity contribution in [2.24, 2.45) is 5.73 Å². The van der Waals surface area contributed by atoms with E-state index in [4.69, 9.17) is 21.0 Å². The van der Waals surface area contributed by atoms with E-state index in [2.05, 4.69) is 10.2 Å². The van der Waals surface area contributed by atoms with Gasteiger partial charge in [-0.1, -0.05) is 0 Å². The second-order valence-electron chi connectivity index (χ2n) is 2.06. The number of nitrogen functional groups attached to an aromatic ring is 1. The van der Waals surface area contributed by atoms with Gasteiger partial charge < -0.3 is 10.8 Å². The molecule has 1 heterocycles. The van der Waals surface area contributed by atoms with E-state index >= 15 is 0 Å². The molecule has 70 valence electrons. The molecule has 0 atom stereocenters. The number of hydrogen-bond acceptors (Lipinski definition) is 4. The van der Waals surface area contributed by atoms with E-state index in [0.29, 0.717) is 5.56 Å². The molecule has 0 aliphatic heterocycles. The molecule has 0 radical (unpaired) electrons. The lowest BCUT2D eigenvalue weighted by atomic mass is 10.3. The summed E-state index contributed by atoms with van der Waals surface area (Å²) in [4.78, 5) is 9.00. The van der Waals surface area contributed by atoms with Gasteiger partial charge in [-0.2, -0.15) is 10.2 Å². The zero-order valence-electron chi connectivity index (χ0n) is 7.06. The number of aliphatic carboxylic acids is 1. The van der Waals surface area contributed by atoms with Crippen molar-refractivity contribution in [3.63, 3.8) is 0 Å². The average molecular weight is 182 g/mol. The van der Waals surface area contributed by atoms with Crippen LogP contribution in [0.2, 0.25) is 0 Å². The Morgan fingerprint density at radius 1 is 1.62 bits per heavy atom. The van der Waals surface area contributed by atoms with Gasteiger partial charge in [-0.25, -0.2) is 0 Å². The molecule has 0 fully saturated rings. The molecule has 4 N–H and O–H groups in total. The third kappa shape index (κ3) is 6.42. The number of aromatic nitrogens is 2. The van der Waals surface area contributed by atoms with E-state index in [1.165, 1.54) is 12.4 Å². The summed E-state index contributed by atoms with van der Waals surface area (Å²) in [7, 11) is 0. The van der Waals surface area contributed by atoms with E-state index in [1.54, 1.807) is 6.07 Å². The molecule has 0 aliphatic carbocycles. The lowest BCUT2D eigenvalue weighted by Crippen LogP contribution is -2.11. The highest BCUT2D eigenvalue weighted by Gasteiger charge is 1.91. The largest absolute Gasteiger partial charge is 0.481 e. The summed E-state index contributed by atoms with van der Waals surface area (Å²) in [6.07, 6.45) is 2.94. The van der Waals surface area contributed by atoms with Gasteiger partial charge in [0.25, 0.3) is 5.97 Å². The molecule has 0 saturated carbocycles. The van der Waals surface area contributed by atoms with Crippen LogP contribution in [0, 0.1) is 5.41 Å². The quantitative estimate of drug-likeness (QED) is 0.413. The Hall–Kier alpha value is -1.98. The van der Waals surface area contributed by atoms with Crippen LogP contribution >= 0.6 is 0 Å². The van der Waals surface area contributed by atoms with Crippen molar-refractivity contribution in [1.82, 2.24) is 10.2 Å². The maximum atomic E-state index is 9.00. The van der Waals surface area contributed by atoms with Crippen molar-refractivity contribution in [2.45, 2.75) is 6.92 Å². The lowest BCUT2D eigenvalue weighted by molar-refractivity contribution is -0.134. The number of carboxylic acid groups (broad SMARTS) is 1. The van der Waals surface area contributed by atoms with Gasteiger partial charge >= 0.3 is 0 Å². The fourth-order valence-corrected chi connectivity index (χ4v) is 0.450. The molecule has 1 aromatic heterocycles. The van der Waals surface area contributed by atoms with Crippen LogP contribution in [0.3, 0.4) is 0 Å². The van der Waals surface area contributed by atoms with E-state index in [-0.39, 0.29) is 5.84 Å². The highest BCUT2D eigenvalue weighted by atomic mass is 16.4. The molecule has 6 nitrogen and oxygen atoms in total. The highest BCUT2D eigenvalue weighted by Crippen LogP contribution is 1.89. The summed E-state index contributed by atoms with van der Waals surface area (Å²) in [5.41, 5.74) is 5.73.